The van der Waals surface area contributed by atoms with E-state index >= 15 is 0 Å². The number of hydrogen-bond acceptors (Lipinski definition) is 3. The summed E-state index contributed by atoms with van der Waals surface area (Å²) in [5, 5.41) is 18.2. The molecule has 2 aromatic carbocycles. The van der Waals surface area contributed by atoms with Crippen molar-refractivity contribution in [3.63, 3.8) is 0 Å². The monoisotopic (exact) mass is 331 g/mol. The van der Waals surface area contributed by atoms with Gasteiger partial charge in [0.1, 0.15) is 23.1 Å². The lowest BCUT2D eigenvalue weighted by Crippen LogP contribution is -2.01. The van der Waals surface area contributed by atoms with Crippen molar-refractivity contribution < 1.29 is 14.6 Å². The van der Waals surface area contributed by atoms with E-state index in [1.807, 2.05) is 0 Å². The summed E-state index contributed by atoms with van der Waals surface area (Å²) in [5.74, 6) is -0.213. The van der Waals surface area contributed by atoms with Crippen LogP contribution in [-0.4, -0.2) is 11.1 Å². The highest BCUT2D eigenvalue weighted by Gasteiger charge is 2.14. The van der Waals surface area contributed by atoms with Gasteiger partial charge >= 0.3 is 5.97 Å². The van der Waals surface area contributed by atoms with Crippen molar-refractivity contribution >= 4 is 21.9 Å². The van der Waals surface area contributed by atoms with Crippen molar-refractivity contribution in [1.29, 1.82) is 5.26 Å². The molecule has 0 aliphatic carbocycles. The fourth-order valence-corrected chi connectivity index (χ4v) is 2.21. The molecule has 0 aromatic heterocycles. The Balaban J connectivity index is 2.47. The van der Waals surface area contributed by atoms with Crippen LogP contribution >= 0.6 is 15.9 Å². The van der Waals surface area contributed by atoms with Gasteiger partial charge in [-0.2, -0.15) is 5.26 Å². The molecule has 4 nitrogen and oxygen atoms in total. The fraction of sp³-hybridized carbons (Fsp3) is 0.0667. The summed E-state index contributed by atoms with van der Waals surface area (Å²) in [7, 11) is 0. The van der Waals surface area contributed by atoms with Gasteiger partial charge in [0, 0.05) is 10.0 Å². The average Bonchev–Trinajstić information content (AvgIpc) is 2.41. The molecular formula is C15H10BrNO3. The minimum atomic E-state index is -1.01. The van der Waals surface area contributed by atoms with Crippen LogP contribution in [0.15, 0.2) is 40.9 Å². The van der Waals surface area contributed by atoms with Gasteiger partial charge in [-0.25, -0.2) is 4.79 Å². The number of aromatic carboxylic acids is 1. The van der Waals surface area contributed by atoms with E-state index in [0.717, 1.165) is 0 Å². The highest BCUT2D eigenvalue weighted by atomic mass is 79.9. The van der Waals surface area contributed by atoms with E-state index in [0.29, 0.717) is 27.1 Å². The van der Waals surface area contributed by atoms with Crippen molar-refractivity contribution in [3.8, 4) is 17.6 Å². The van der Waals surface area contributed by atoms with Crippen LogP contribution in [0.3, 0.4) is 0 Å². The highest BCUT2D eigenvalue weighted by Crippen LogP contribution is 2.32. The zero-order valence-electron chi connectivity index (χ0n) is 10.6. The molecular weight excluding hydrogens is 322 g/mol. The predicted molar refractivity (Wildman–Crippen MR) is 77.1 cm³/mol. The lowest BCUT2D eigenvalue weighted by atomic mass is 10.1. The SMILES string of the molecule is Cc1c(Oc2cccc(Br)c2C#N)cccc1C(=O)O. The number of rotatable bonds is 3. The second kappa shape index (κ2) is 5.76. The first kappa shape index (κ1) is 14.1. The molecule has 0 heterocycles. The van der Waals surface area contributed by atoms with Crippen LogP contribution in [0.25, 0.3) is 0 Å². The average molecular weight is 332 g/mol. The predicted octanol–water partition coefficient (Wildman–Crippen LogP) is 4.12. The van der Waals surface area contributed by atoms with Crippen LogP contribution in [0, 0.1) is 18.3 Å². The van der Waals surface area contributed by atoms with Gasteiger partial charge in [-0.3, -0.25) is 0 Å². The number of halogens is 1. The molecule has 0 unspecified atom stereocenters. The number of nitriles is 1. The van der Waals surface area contributed by atoms with Crippen LogP contribution in [-0.2, 0) is 0 Å². The van der Waals surface area contributed by atoms with Crippen molar-refractivity contribution in [2.45, 2.75) is 6.92 Å². The third-order valence-corrected chi connectivity index (χ3v) is 3.48. The lowest BCUT2D eigenvalue weighted by Gasteiger charge is -2.12. The smallest absolute Gasteiger partial charge is 0.336 e. The Bertz CT molecular complexity index is 720. The second-order valence-electron chi connectivity index (χ2n) is 4.06. The van der Waals surface area contributed by atoms with E-state index in [1.165, 1.54) is 6.07 Å². The molecule has 0 aliphatic heterocycles. The number of ether oxygens (including phenoxy) is 1. The van der Waals surface area contributed by atoms with Crippen LogP contribution in [0.4, 0.5) is 0 Å². The number of benzene rings is 2. The first-order valence-electron chi connectivity index (χ1n) is 5.74. The zero-order chi connectivity index (χ0) is 14.7. The molecule has 20 heavy (non-hydrogen) atoms. The summed E-state index contributed by atoms with van der Waals surface area (Å²) in [6.45, 7) is 1.67. The van der Waals surface area contributed by atoms with Crippen molar-refractivity contribution in [1.82, 2.24) is 0 Å². The highest BCUT2D eigenvalue weighted by molar-refractivity contribution is 9.10. The molecule has 0 saturated carbocycles. The van der Waals surface area contributed by atoms with E-state index in [1.54, 1.807) is 37.3 Å². The maximum Gasteiger partial charge on any atom is 0.336 e. The summed E-state index contributed by atoms with van der Waals surface area (Å²) in [4.78, 5) is 11.1. The maximum absolute atomic E-state index is 11.1. The Kier molecular flexibility index (Phi) is 4.06. The van der Waals surface area contributed by atoms with Gasteiger partial charge < -0.3 is 9.84 Å². The standard InChI is InChI=1S/C15H10BrNO3/c1-9-10(15(18)19)4-2-6-13(9)20-14-7-3-5-12(16)11(14)8-17/h2-7H,1H3,(H,18,19). The van der Waals surface area contributed by atoms with Crippen molar-refractivity contribution in [3.05, 3.63) is 57.6 Å². The summed E-state index contributed by atoms with van der Waals surface area (Å²) < 4.78 is 6.32. The van der Waals surface area contributed by atoms with Gasteiger partial charge in [0.05, 0.1) is 5.56 Å². The Morgan fingerprint density at radius 2 is 1.90 bits per heavy atom. The minimum absolute atomic E-state index is 0.177. The molecule has 0 amide bonds. The molecule has 2 aromatic rings. The number of carboxylic acids is 1. The number of carbonyl (C=O) groups is 1. The number of carboxylic acid groups (broad SMARTS) is 1. The fourth-order valence-electron chi connectivity index (χ4n) is 1.77. The summed E-state index contributed by atoms with van der Waals surface area (Å²) in [6.07, 6.45) is 0. The molecule has 0 spiro atoms. The van der Waals surface area contributed by atoms with Crippen molar-refractivity contribution in [2.24, 2.45) is 0 Å². The third-order valence-electron chi connectivity index (χ3n) is 2.82. The third kappa shape index (κ3) is 2.65. The molecule has 5 heteroatoms. The van der Waals surface area contributed by atoms with E-state index in [2.05, 4.69) is 22.0 Å². The Hall–Kier alpha value is -2.32. The Morgan fingerprint density at radius 1 is 1.25 bits per heavy atom. The molecule has 0 bridgehead atoms. The van der Waals surface area contributed by atoms with Gasteiger partial charge in [-0.15, -0.1) is 0 Å². The molecule has 2 rings (SSSR count). The summed E-state index contributed by atoms with van der Waals surface area (Å²) in [6, 6.07) is 12.0. The van der Waals surface area contributed by atoms with Crippen molar-refractivity contribution in [2.75, 3.05) is 0 Å². The van der Waals surface area contributed by atoms with Crippen LogP contribution < -0.4 is 4.74 Å². The van der Waals surface area contributed by atoms with E-state index in [-0.39, 0.29) is 5.56 Å². The van der Waals surface area contributed by atoms with Crippen LogP contribution in [0.5, 0.6) is 11.5 Å². The molecule has 0 radical (unpaired) electrons. The van der Waals surface area contributed by atoms with E-state index < -0.39 is 5.97 Å². The number of nitrogens with zero attached hydrogens (tertiary/aromatic N) is 1. The quantitative estimate of drug-likeness (QED) is 0.918. The first-order chi connectivity index (χ1) is 9.54. The first-order valence-corrected chi connectivity index (χ1v) is 6.53. The largest absolute Gasteiger partial charge is 0.478 e. The molecule has 0 fully saturated rings. The Morgan fingerprint density at radius 3 is 2.55 bits per heavy atom. The molecule has 1 N–H and O–H groups in total. The van der Waals surface area contributed by atoms with Gasteiger partial charge in [-0.05, 0) is 47.1 Å². The second-order valence-corrected chi connectivity index (χ2v) is 4.92. The Labute approximate surface area is 124 Å². The molecule has 0 atom stereocenters. The molecule has 0 aliphatic rings. The minimum Gasteiger partial charge on any atom is -0.478 e. The number of hydrogen-bond donors (Lipinski definition) is 1. The van der Waals surface area contributed by atoms with Gasteiger partial charge in [-0.1, -0.05) is 12.1 Å². The molecule has 100 valence electrons. The topological polar surface area (TPSA) is 70.3 Å². The van der Waals surface area contributed by atoms with Crippen LogP contribution in [0.2, 0.25) is 0 Å². The van der Waals surface area contributed by atoms with E-state index in [4.69, 9.17) is 15.1 Å². The van der Waals surface area contributed by atoms with Gasteiger partial charge in [0.15, 0.2) is 0 Å². The van der Waals surface area contributed by atoms with Gasteiger partial charge in [0.2, 0.25) is 0 Å². The van der Waals surface area contributed by atoms with Crippen LogP contribution in [0.1, 0.15) is 21.5 Å². The zero-order valence-corrected chi connectivity index (χ0v) is 12.1. The normalized spacial score (nSPS) is 9.85. The lowest BCUT2D eigenvalue weighted by molar-refractivity contribution is 0.0695. The van der Waals surface area contributed by atoms with E-state index in [9.17, 15) is 4.79 Å². The van der Waals surface area contributed by atoms with Gasteiger partial charge in [0.25, 0.3) is 0 Å². The summed E-state index contributed by atoms with van der Waals surface area (Å²) in [5.41, 5.74) is 1.06. The molecule has 0 saturated heterocycles. The summed E-state index contributed by atoms with van der Waals surface area (Å²) >= 11 is 3.28. The maximum atomic E-state index is 11.1.